The lowest BCUT2D eigenvalue weighted by molar-refractivity contribution is -0.141. The molecule has 0 saturated carbocycles. The van der Waals surface area contributed by atoms with Crippen molar-refractivity contribution in [1.82, 2.24) is 19.6 Å². The number of hydrogen-bond acceptors (Lipinski definition) is 5. The van der Waals surface area contributed by atoms with E-state index in [1.165, 1.54) is 43.6 Å². The zero-order valence-corrected chi connectivity index (χ0v) is 17.8. The topological polar surface area (TPSA) is 77.2 Å². The quantitative estimate of drug-likeness (QED) is 0.378. The Morgan fingerprint density at radius 3 is 2.50 bits per heavy atom. The van der Waals surface area contributed by atoms with E-state index in [0.717, 1.165) is 16.6 Å². The highest BCUT2D eigenvalue weighted by atomic mass is 35.5. The second kappa shape index (κ2) is 7.82. The molecule has 1 aromatic carbocycles. The first-order valence-corrected chi connectivity index (χ1v) is 11.1. The summed E-state index contributed by atoms with van der Waals surface area (Å²) in [6.45, 7) is 1.44. The van der Waals surface area contributed by atoms with Gasteiger partial charge in [-0.05, 0) is 35.9 Å². The molecular weight excluding hydrogens is 472 g/mol. The summed E-state index contributed by atoms with van der Waals surface area (Å²) in [6.07, 6.45) is -2.10. The maximum Gasteiger partial charge on any atom is 0.435 e. The van der Waals surface area contributed by atoms with Crippen LogP contribution in [0.4, 0.5) is 17.6 Å². The van der Waals surface area contributed by atoms with Crippen molar-refractivity contribution in [3.05, 3.63) is 65.3 Å². The minimum absolute atomic E-state index is 0.0435. The zero-order chi connectivity index (χ0) is 23.3. The summed E-state index contributed by atoms with van der Waals surface area (Å²) >= 11 is 5.90. The van der Waals surface area contributed by atoms with Crippen molar-refractivity contribution in [1.29, 1.82) is 0 Å². The van der Waals surface area contributed by atoms with Gasteiger partial charge >= 0.3 is 6.18 Å². The molecule has 12 heteroatoms. The average Bonchev–Trinajstić information content (AvgIpc) is 3.16. The number of halogens is 5. The molecule has 0 aliphatic carbocycles. The van der Waals surface area contributed by atoms with Gasteiger partial charge in [0.1, 0.15) is 11.5 Å². The zero-order valence-electron chi connectivity index (χ0n) is 16.2. The molecule has 0 amide bonds. The Morgan fingerprint density at radius 1 is 1.09 bits per heavy atom. The molecule has 3 heterocycles. The molecule has 4 aromatic rings. The van der Waals surface area contributed by atoms with E-state index < -0.39 is 27.5 Å². The van der Waals surface area contributed by atoms with Crippen LogP contribution >= 0.6 is 11.6 Å². The van der Waals surface area contributed by atoms with Crippen molar-refractivity contribution in [2.45, 2.75) is 18.0 Å². The molecular formula is C20H13ClF4N4O2S. The number of alkyl halides is 3. The number of nitrogens with zero attached hydrogens (tertiary/aromatic N) is 4. The normalized spacial score (nSPS) is 12.4. The third-order valence-corrected chi connectivity index (χ3v) is 6.58. The van der Waals surface area contributed by atoms with E-state index in [1.54, 1.807) is 0 Å². The van der Waals surface area contributed by atoms with Gasteiger partial charge in [0, 0.05) is 29.0 Å². The molecule has 0 N–H and O–H groups in total. The Balaban J connectivity index is 1.90. The highest BCUT2D eigenvalue weighted by Gasteiger charge is 2.34. The second-order valence-corrected chi connectivity index (χ2v) is 9.46. The van der Waals surface area contributed by atoms with Gasteiger partial charge in [-0.15, -0.1) is 0 Å². The van der Waals surface area contributed by atoms with E-state index in [9.17, 15) is 26.0 Å². The molecule has 0 bridgehead atoms. The SMILES string of the molecule is CCS(=O)(=O)c1cc(-c2cc(F)cc(Cl)c2)cnc1-c1ccn2nc(C(F)(F)F)cc2n1. The predicted octanol–water partition coefficient (Wildman–Crippen LogP) is 5.06. The lowest BCUT2D eigenvalue weighted by Gasteiger charge is -2.11. The smallest absolute Gasteiger partial charge is 0.253 e. The van der Waals surface area contributed by atoms with Crippen molar-refractivity contribution in [3.8, 4) is 22.5 Å². The molecule has 0 saturated heterocycles. The summed E-state index contributed by atoms with van der Waals surface area (Å²) in [7, 11) is -3.83. The predicted molar refractivity (Wildman–Crippen MR) is 109 cm³/mol. The Kier molecular flexibility index (Phi) is 5.41. The minimum Gasteiger partial charge on any atom is -0.253 e. The van der Waals surface area contributed by atoms with Crippen LogP contribution in [-0.4, -0.2) is 33.8 Å². The van der Waals surface area contributed by atoms with Crippen LogP contribution in [0.2, 0.25) is 5.02 Å². The van der Waals surface area contributed by atoms with Crippen molar-refractivity contribution in [2.24, 2.45) is 0 Å². The van der Waals surface area contributed by atoms with E-state index >= 15 is 0 Å². The molecule has 0 radical (unpaired) electrons. The lowest BCUT2D eigenvalue weighted by Crippen LogP contribution is -2.08. The number of hydrogen-bond donors (Lipinski definition) is 0. The summed E-state index contributed by atoms with van der Waals surface area (Å²) in [6, 6.07) is 7.13. The van der Waals surface area contributed by atoms with Crippen molar-refractivity contribution in [2.75, 3.05) is 5.75 Å². The molecule has 0 aliphatic heterocycles. The van der Waals surface area contributed by atoms with Crippen LogP contribution < -0.4 is 0 Å². The average molecular weight is 485 g/mol. The summed E-state index contributed by atoms with van der Waals surface area (Å²) in [5, 5.41) is 3.54. The molecule has 4 rings (SSSR count). The van der Waals surface area contributed by atoms with Gasteiger partial charge in [-0.1, -0.05) is 18.5 Å². The van der Waals surface area contributed by atoms with Gasteiger partial charge in [-0.25, -0.2) is 22.3 Å². The van der Waals surface area contributed by atoms with Crippen LogP contribution in [0.1, 0.15) is 12.6 Å². The van der Waals surface area contributed by atoms with Crippen LogP contribution in [0.3, 0.4) is 0 Å². The molecule has 32 heavy (non-hydrogen) atoms. The van der Waals surface area contributed by atoms with Crippen LogP contribution in [0.5, 0.6) is 0 Å². The van der Waals surface area contributed by atoms with Crippen LogP contribution in [0.15, 0.2) is 53.7 Å². The standard InChI is InChI=1S/C20H13ClF4N4O2S/c1-2-32(30,31)16-7-12(11-5-13(21)8-14(22)6-11)10-26-19(16)15-3-4-29-18(27-15)9-17(28-29)20(23,24)25/h3-10H,2H2,1H3. The van der Waals surface area contributed by atoms with Gasteiger partial charge in [0.15, 0.2) is 21.2 Å². The first-order chi connectivity index (χ1) is 15.0. The molecule has 3 aromatic heterocycles. The fourth-order valence-corrected chi connectivity index (χ4v) is 4.35. The van der Waals surface area contributed by atoms with Crippen molar-refractivity contribution >= 4 is 27.1 Å². The summed E-state index contributed by atoms with van der Waals surface area (Å²) in [5.74, 6) is -0.868. The fraction of sp³-hybridized carbons (Fsp3) is 0.150. The monoisotopic (exact) mass is 484 g/mol. The molecule has 166 valence electrons. The van der Waals surface area contributed by atoms with Crippen LogP contribution in [-0.2, 0) is 16.0 Å². The summed E-state index contributed by atoms with van der Waals surface area (Å²) < 4.78 is 79.1. The minimum atomic E-state index is -4.66. The van der Waals surface area contributed by atoms with Crippen molar-refractivity contribution < 1.29 is 26.0 Å². The number of fused-ring (bicyclic) bond motifs is 1. The third-order valence-electron chi connectivity index (χ3n) is 4.62. The summed E-state index contributed by atoms with van der Waals surface area (Å²) in [5.41, 5.74) is -0.646. The number of sulfone groups is 1. The summed E-state index contributed by atoms with van der Waals surface area (Å²) in [4.78, 5) is 8.12. The maximum absolute atomic E-state index is 13.8. The molecule has 0 spiro atoms. The van der Waals surface area contributed by atoms with E-state index in [0.29, 0.717) is 11.1 Å². The van der Waals surface area contributed by atoms with Gasteiger partial charge < -0.3 is 0 Å². The molecule has 6 nitrogen and oxygen atoms in total. The van der Waals surface area contributed by atoms with Crippen LogP contribution in [0, 0.1) is 5.82 Å². The van der Waals surface area contributed by atoms with Gasteiger partial charge in [0.2, 0.25) is 0 Å². The third kappa shape index (κ3) is 4.17. The molecule has 0 fully saturated rings. The Hall–Kier alpha value is -3.05. The Labute approximate surface area is 184 Å². The van der Waals surface area contributed by atoms with Gasteiger partial charge in [0.25, 0.3) is 0 Å². The largest absolute Gasteiger partial charge is 0.435 e. The van der Waals surface area contributed by atoms with E-state index in [1.807, 2.05) is 0 Å². The number of pyridine rings is 1. The second-order valence-electron chi connectivity index (χ2n) is 6.78. The van der Waals surface area contributed by atoms with Gasteiger partial charge in [-0.3, -0.25) is 4.98 Å². The lowest BCUT2D eigenvalue weighted by atomic mass is 10.1. The van der Waals surface area contributed by atoms with Crippen LogP contribution in [0.25, 0.3) is 28.2 Å². The van der Waals surface area contributed by atoms with Gasteiger partial charge in [0.05, 0.1) is 16.3 Å². The highest BCUT2D eigenvalue weighted by molar-refractivity contribution is 7.91. The highest BCUT2D eigenvalue weighted by Crippen LogP contribution is 2.32. The Morgan fingerprint density at radius 2 is 1.84 bits per heavy atom. The first-order valence-electron chi connectivity index (χ1n) is 9.11. The van der Waals surface area contributed by atoms with Crippen molar-refractivity contribution in [3.63, 3.8) is 0 Å². The molecule has 0 atom stereocenters. The number of aromatic nitrogens is 4. The number of benzene rings is 1. The maximum atomic E-state index is 13.8. The van der Waals surface area contributed by atoms with E-state index in [-0.39, 0.29) is 32.7 Å². The first kappa shape index (κ1) is 22.2. The van der Waals surface area contributed by atoms with E-state index in [2.05, 4.69) is 15.1 Å². The molecule has 0 unspecified atom stereocenters. The number of rotatable bonds is 4. The van der Waals surface area contributed by atoms with Gasteiger partial charge in [-0.2, -0.15) is 18.3 Å². The fourth-order valence-electron chi connectivity index (χ4n) is 3.06. The van der Waals surface area contributed by atoms with E-state index in [4.69, 9.17) is 11.6 Å². The Bertz CT molecular complexity index is 1430. The molecule has 0 aliphatic rings.